The molecule has 3 aromatic rings. The van der Waals surface area contributed by atoms with Gasteiger partial charge in [-0.25, -0.2) is 8.78 Å². The van der Waals surface area contributed by atoms with Crippen molar-refractivity contribution in [2.24, 2.45) is 0 Å². The van der Waals surface area contributed by atoms with Gasteiger partial charge in [-0.05, 0) is 61.9 Å². The van der Waals surface area contributed by atoms with Gasteiger partial charge in [0.25, 0.3) is 5.91 Å². The van der Waals surface area contributed by atoms with E-state index in [1.165, 1.54) is 24.3 Å². The summed E-state index contributed by atoms with van der Waals surface area (Å²) in [4.78, 5) is 15.4. The van der Waals surface area contributed by atoms with Gasteiger partial charge in [0.1, 0.15) is 11.6 Å². The summed E-state index contributed by atoms with van der Waals surface area (Å²) < 4.78 is 34.2. The molecule has 4 rings (SSSR count). The number of aromatic nitrogens is 1. The molecular weight excluding hydrogens is 412 g/mol. The van der Waals surface area contributed by atoms with Crippen LogP contribution < -0.4 is 5.32 Å². The molecule has 0 spiro atoms. The van der Waals surface area contributed by atoms with Gasteiger partial charge in [-0.15, -0.1) is 0 Å². The molecule has 0 bridgehead atoms. The highest BCUT2D eigenvalue weighted by atomic mass is 19.1. The molecule has 2 aromatic carbocycles. The fraction of sp³-hybridized carbons (Fsp3) is 0.320. The van der Waals surface area contributed by atoms with Crippen LogP contribution in [0.2, 0.25) is 0 Å². The summed E-state index contributed by atoms with van der Waals surface area (Å²) in [5.74, 6) is -0.761. The van der Waals surface area contributed by atoms with E-state index in [1.807, 2.05) is 24.5 Å². The lowest BCUT2D eigenvalue weighted by molar-refractivity contribution is 0.0162. The molecule has 1 atom stereocenters. The van der Waals surface area contributed by atoms with Gasteiger partial charge >= 0.3 is 0 Å². The maximum absolute atomic E-state index is 13.4. The third-order valence-corrected chi connectivity index (χ3v) is 5.96. The zero-order chi connectivity index (χ0) is 22.7. The van der Waals surface area contributed by atoms with Crippen LogP contribution in [0.1, 0.15) is 33.4 Å². The molecule has 0 saturated carbocycles. The van der Waals surface area contributed by atoms with E-state index in [4.69, 9.17) is 4.74 Å². The fourth-order valence-corrected chi connectivity index (χ4v) is 4.30. The number of nitrogens with zero attached hydrogens (tertiary/aromatic N) is 2. The molecule has 1 saturated heterocycles. The smallest absolute Gasteiger partial charge is 0.253 e. The van der Waals surface area contributed by atoms with Gasteiger partial charge in [-0.2, -0.15) is 0 Å². The summed E-state index contributed by atoms with van der Waals surface area (Å²) in [6.07, 6.45) is 0. The van der Waals surface area contributed by atoms with Crippen LogP contribution in [-0.2, 0) is 4.74 Å². The molecule has 1 amide bonds. The van der Waals surface area contributed by atoms with Crippen LogP contribution >= 0.6 is 0 Å². The van der Waals surface area contributed by atoms with Gasteiger partial charge in [-0.1, -0.05) is 12.1 Å². The minimum atomic E-state index is -0.302. The Morgan fingerprint density at radius 1 is 1.00 bits per heavy atom. The number of aryl methyl sites for hydroxylation is 1. The van der Waals surface area contributed by atoms with Gasteiger partial charge in [0.05, 0.1) is 24.8 Å². The molecule has 2 heterocycles. The molecule has 7 heteroatoms. The van der Waals surface area contributed by atoms with Crippen LogP contribution in [0.15, 0.2) is 54.6 Å². The van der Waals surface area contributed by atoms with Gasteiger partial charge in [0.2, 0.25) is 0 Å². The third-order valence-electron chi connectivity index (χ3n) is 5.96. The largest absolute Gasteiger partial charge is 0.379 e. The lowest BCUT2D eigenvalue weighted by atomic mass is 10.0. The molecular formula is C25H27F2N3O2. The molecule has 32 heavy (non-hydrogen) atoms. The first-order chi connectivity index (χ1) is 15.4. The maximum atomic E-state index is 13.4. The van der Waals surface area contributed by atoms with Gasteiger partial charge in [0.15, 0.2) is 0 Å². The zero-order valence-corrected chi connectivity index (χ0v) is 18.3. The average Bonchev–Trinajstić information content (AvgIpc) is 3.10. The lowest BCUT2D eigenvalue weighted by Crippen LogP contribution is -2.43. The number of halogens is 2. The molecule has 0 aliphatic carbocycles. The van der Waals surface area contributed by atoms with E-state index in [0.717, 1.165) is 35.7 Å². The predicted molar refractivity (Wildman–Crippen MR) is 119 cm³/mol. The third kappa shape index (κ3) is 4.74. The first-order valence-electron chi connectivity index (χ1n) is 10.7. The molecule has 1 N–H and O–H groups in total. The normalized spacial score (nSPS) is 15.5. The Bertz CT molecular complexity index is 1070. The molecule has 1 aliphatic heterocycles. The van der Waals surface area contributed by atoms with E-state index in [2.05, 4.69) is 10.2 Å². The second-order valence-electron chi connectivity index (χ2n) is 8.02. The Morgan fingerprint density at radius 2 is 1.59 bits per heavy atom. The van der Waals surface area contributed by atoms with Crippen molar-refractivity contribution in [2.45, 2.75) is 19.9 Å². The van der Waals surface area contributed by atoms with E-state index in [9.17, 15) is 13.6 Å². The first-order valence-corrected chi connectivity index (χ1v) is 10.7. The Hall–Kier alpha value is -3.03. The van der Waals surface area contributed by atoms with Crippen molar-refractivity contribution < 1.29 is 18.3 Å². The number of hydrogen-bond acceptors (Lipinski definition) is 3. The highest BCUT2D eigenvalue weighted by Gasteiger charge is 2.24. The first kappa shape index (κ1) is 22.2. The quantitative estimate of drug-likeness (QED) is 0.627. The van der Waals surface area contributed by atoms with E-state index in [-0.39, 0.29) is 23.6 Å². The average molecular weight is 440 g/mol. The van der Waals surface area contributed by atoms with Crippen LogP contribution in [0.3, 0.4) is 0 Å². The molecule has 1 aromatic heterocycles. The van der Waals surface area contributed by atoms with Crippen LogP contribution in [0, 0.1) is 25.5 Å². The highest BCUT2D eigenvalue weighted by molar-refractivity contribution is 5.96. The van der Waals surface area contributed by atoms with Crippen molar-refractivity contribution in [3.8, 4) is 5.69 Å². The van der Waals surface area contributed by atoms with Crippen molar-refractivity contribution in [3.63, 3.8) is 0 Å². The Labute approximate surface area is 186 Å². The van der Waals surface area contributed by atoms with Crippen LogP contribution in [0.5, 0.6) is 0 Å². The van der Waals surface area contributed by atoms with E-state index in [1.54, 1.807) is 24.3 Å². The number of carbonyl (C=O) groups excluding carboxylic acids is 1. The summed E-state index contributed by atoms with van der Waals surface area (Å²) >= 11 is 0. The van der Waals surface area contributed by atoms with Crippen molar-refractivity contribution >= 4 is 5.91 Å². The highest BCUT2D eigenvalue weighted by Crippen LogP contribution is 2.24. The molecule has 0 radical (unpaired) electrons. The summed E-state index contributed by atoms with van der Waals surface area (Å²) in [7, 11) is 0. The number of hydrogen-bond donors (Lipinski definition) is 1. The Morgan fingerprint density at radius 3 is 2.22 bits per heavy atom. The summed E-state index contributed by atoms with van der Waals surface area (Å²) in [6, 6.07) is 14.4. The van der Waals surface area contributed by atoms with Crippen molar-refractivity contribution in [3.05, 3.63) is 88.7 Å². The minimum Gasteiger partial charge on any atom is -0.379 e. The lowest BCUT2D eigenvalue weighted by Gasteiger charge is -2.35. The molecule has 1 unspecified atom stereocenters. The number of amides is 1. The number of morpholine rings is 1. The Kier molecular flexibility index (Phi) is 6.67. The van der Waals surface area contributed by atoms with E-state index >= 15 is 0 Å². The molecule has 1 fully saturated rings. The van der Waals surface area contributed by atoms with Gasteiger partial charge < -0.3 is 14.6 Å². The van der Waals surface area contributed by atoms with Crippen LogP contribution in [-0.4, -0.2) is 48.2 Å². The van der Waals surface area contributed by atoms with Gasteiger partial charge in [0, 0.05) is 36.7 Å². The minimum absolute atomic E-state index is 0.0796. The van der Waals surface area contributed by atoms with Crippen molar-refractivity contribution in [1.29, 1.82) is 0 Å². The SMILES string of the molecule is Cc1cc(C(=O)NCC(c2ccc(F)cc2)N2CCOCC2)c(C)n1-c1ccc(F)cc1. The fourth-order valence-electron chi connectivity index (χ4n) is 4.30. The second-order valence-corrected chi connectivity index (χ2v) is 8.02. The van der Waals surface area contributed by atoms with Crippen molar-refractivity contribution in [2.75, 3.05) is 32.8 Å². The monoisotopic (exact) mass is 439 g/mol. The van der Waals surface area contributed by atoms with Crippen LogP contribution in [0.4, 0.5) is 8.78 Å². The van der Waals surface area contributed by atoms with Crippen LogP contribution in [0.25, 0.3) is 5.69 Å². The molecule has 5 nitrogen and oxygen atoms in total. The number of nitrogens with one attached hydrogen (secondary N) is 1. The topological polar surface area (TPSA) is 46.5 Å². The second kappa shape index (κ2) is 9.63. The number of carbonyl (C=O) groups is 1. The molecule has 1 aliphatic rings. The zero-order valence-electron chi connectivity index (χ0n) is 18.3. The maximum Gasteiger partial charge on any atom is 0.253 e. The number of benzene rings is 2. The molecule has 168 valence electrons. The van der Waals surface area contributed by atoms with E-state index < -0.39 is 0 Å². The standard InChI is InChI=1S/C25H27F2N3O2/c1-17-15-23(18(2)30(17)22-9-7-21(27)8-10-22)25(31)28-16-24(29-11-13-32-14-12-29)19-3-5-20(26)6-4-19/h3-10,15,24H,11-14,16H2,1-2H3,(H,28,31). The summed E-state index contributed by atoms with van der Waals surface area (Å²) in [6.45, 7) is 6.94. The number of ether oxygens (including phenoxy) is 1. The Balaban J connectivity index is 1.53. The number of rotatable bonds is 6. The van der Waals surface area contributed by atoms with E-state index in [0.29, 0.717) is 25.3 Å². The predicted octanol–water partition coefficient (Wildman–Crippen LogP) is 4.18. The summed E-state index contributed by atoms with van der Waals surface area (Å²) in [5.41, 5.74) is 4.01. The van der Waals surface area contributed by atoms with Gasteiger partial charge in [-0.3, -0.25) is 9.69 Å². The summed E-state index contributed by atoms with van der Waals surface area (Å²) in [5, 5.41) is 3.06. The van der Waals surface area contributed by atoms with Crippen molar-refractivity contribution in [1.82, 2.24) is 14.8 Å².